The number of nitrogens with one attached hydrogen (secondary N) is 1. The van der Waals surface area contributed by atoms with Crippen LogP contribution in [0.3, 0.4) is 0 Å². The number of benzene rings is 1. The zero-order valence-electron chi connectivity index (χ0n) is 20.9. The minimum Gasteiger partial charge on any atom is -0.593 e. The quantitative estimate of drug-likeness (QED) is 0.363. The van der Waals surface area contributed by atoms with Gasteiger partial charge in [0, 0.05) is 44.1 Å². The molecule has 1 fully saturated rings. The lowest BCUT2D eigenvalue weighted by Crippen LogP contribution is -2.50. The first-order chi connectivity index (χ1) is 17.5. The second-order valence-corrected chi connectivity index (χ2v) is 10.7. The summed E-state index contributed by atoms with van der Waals surface area (Å²) in [5.41, 5.74) is 7.90. The number of aromatic nitrogens is 1. The van der Waals surface area contributed by atoms with Crippen molar-refractivity contribution in [1.29, 1.82) is 0 Å². The molecule has 1 aromatic heterocycles. The summed E-state index contributed by atoms with van der Waals surface area (Å²) in [5.74, 6) is 0.327. The summed E-state index contributed by atoms with van der Waals surface area (Å²) >= 11 is -1.43. The van der Waals surface area contributed by atoms with Crippen LogP contribution in [0.5, 0.6) is 5.88 Å². The average molecular weight is 517 g/mol. The minimum absolute atomic E-state index is 0.0714. The summed E-state index contributed by atoms with van der Waals surface area (Å²) in [4.78, 5) is 17.5. The lowest BCUT2D eigenvalue weighted by Gasteiger charge is -2.37. The Kier molecular flexibility index (Phi) is 9.58. The van der Waals surface area contributed by atoms with Crippen molar-refractivity contribution in [3.8, 4) is 5.88 Å². The third kappa shape index (κ3) is 6.96. The van der Waals surface area contributed by atoms with Crippen LogP contribution in [-0.2, 0) is 38.6 Å². The molecule has 1 spiro atoms. The van der Waals surface area contributed by atoms with Gasteiger partial charge in [-0.2, -0.15) is 0 Å². The van der Waals surface area contributed by atoms with Crippen molar-refractivity contribution in [2.24, 2.45) is 5.73 Å². The summed E-state index contributed by atoms with van der Waals surface area (Å²) in [6, 6.07) is 11.8. The maximum Gasteiger partial charge on any atom is 0.273 e. The van der Waals surface area contributed by atoms with E-state index in [4.69, 9.17) is 24.9 Å². The maximum atomic E-state index is 13.8. The van der Waals surface area contributed by atoms with Crippen molar-refractivity contribution in [3.05, 3.63) is 53.2 Å². The molecule has 1 aromatic carbocycles. The Hall–Kier alpha value is -2.21. The predicted octanol–water partition coefficient (Wildman–Crippen LogP) is 1.88. The second kappa shape index (κ2) is 12.8. The number of nitrogens with zero attached hydrogens (tertiary/aromatic N) is 2. The van der Waals surface area contributed by atoms with E-state index in [1.54, 1.807) is 0 Å². The van der Waals surface area contributed by atoms with Gasteiger partial charge in [0.2, 0.25) is 10.8 Å². The van der Waals surface area contributed by atoms with E-state index in [2.05, 4.69) is 24.4 Å². The molecule has 2 aromatic rings. The average Bonchev–Trinajstić information content (AvgIpc) is 2.98. The van der Waals surface area contributed by atoms with Gasteiger partial charge in [-0.3, -0.25) is 4.79 Å². The smallest absolute Gasteiger partial charge is 0.273 e. The van der Waals surface area contributed by atoms with Crippen LogP contribution in [0.2, 0.25) is 0 Å². The van der Waals surface area contributed by atoms with Crippen LogP contribution in [0, 0.1) is 6.92 Å². The van der Waals surface area contributed by atoms with E-state index in [0.29, 0.717) is 89.1 Å². The fourth-order valence-corrected chi connectivity index (χ4v) is 5.75. The van der Waals surface area contributed by atoms with E-state index in [1.165, 1.54) is 5.56 Å². The Morgan fingerprint density at radius 1 is 1.25 bits per heavy atom. The van der Waals surface area contributed by atoms with Crippen molar-refractivity contribution in [2.75, 3.05) is 46.1 Å². The lowest BCUT2D eigenvalue weighted by molar-refractivity contribution is -0.121. The zero-order chi connectivity index (χ0) is 25.4. The second-order valence-electron chi connectivity index (χ2n) is 9.23. The number of carbonyl (C=O) groups excluding carboxylic acids is 1. The largest absolute Gasteiger partial charge is 0.593 e. The van der Waals surface area contributed by atoms with Gasteiger partial charge in [-0.1, -0.05) is 24.3 Å². The van der Waals surface area contributed by atoms with Crippen LogP contribution in [0.4, 0.5) is 0 Å². The highest BCUT2D eigenvalue weighted by Crippen LogP contribution is 2.38. The molecular weight excluding hydrogens is 480 g/mol. The number of hydrogen-bond acceptors (Lipinski definition) is 8. The van der Waals surface area contributed by atoms with Crippen LogP contribution >= 0.6 is 0 Å². The summed E-state index contributed by atoms with van der Waals surface area (Å²) < 4.78 is 33.2. The van der Waals surface area contributed by atoms with Gasteiger partial charge in [0.1, 0.15) is 5.60 Å². The number of hydrogen-bond donors (Lipinski definition) is 2. The summed E-state index contributed by atoms with van der Waals surface area (Å²) in [5, 5.41) is 2.84. The minimum atomic E-state index is -1.43. The monoisotopic (exact) mass is 516 g/mol. The summed E-state index contributed by atoms with van der Waals surface area (Å²) in [6.07, 6.45) is 2.16. The normalized spacial score (nSPS) is 19.4. The fourth-order valence-electron chi connectivity index (χ4n) is 4.44. The number of carbonyl (C=O) groups is 1. The molecule has 3 heterocycles. The SMILES string of the molecule is Cc1ccccc1CN1CC2(CCOCC2)Oc2nc(CCC(=O)NCCOCCN)ccc2[S+]1[O-]. The molecule has 36 heavy (non-hydrogen) atoms. The van der Waals surface area contributed by atoms with E-state index < -0.39 is 17.0 Å². The first-order valence-electron chi connectivity index (χ1n) is 12.5. The van der Waals surface area contributed by atoms with Crippen LogP contribution in [0.15, 0.2) is 41.3 Å². The van der Waals surface area contributed by atoms with E-state index in [-0.39, 0.29) is 5.91 Å². The number of amides is 1. The maximum absolute atomic E-state index is 13.8. The van der Waals surface area contributed by atoms with Crippen LogP contribution < -0.4 is 15.8 Å². The van der Waals surface area contributed by atoms with Crippen molar-refractivity contribution < 1.29 is 23.6 Å². The molecule has 3 N–H and O–H groups in total. The highest BCUT2D eigenvalue weighted by molar-refractivity contribution is 7.89. The predicted molar refractivity (Wildman–Crippen MR) is 137 cm³/mol. The van der Waals surface area contributed by atoms with Crippen LogP contribution in [-0.4, -0.2) is 71.4 Å². The topological polar surface area (TPSA) is 122 Å². The van der Waals surface area contributed by atoms with E-state index in [0.717, 1.165) is 11.3 Å². The molecule has 1 saturated heterocycles. The van der Waals surface area contributed by atoms with Crippen molar-refractivity contribution in [1.82, 2.24) is 14.6 Å². The van der Waals surface area contributed by atoms with Crippen molar-refractivity contribution in [2.45, 2.75) is 49.6 Å². The van der Waals surface area contributed by atoms with Gasteiger partial charge < -0.3 is 29.8 Å². The third-order valence-electron chi connectivity index (χ3n) is 6.53. The highest BCUT2D eigenvalue weighted by Gasteiger charge is 2.45. The molecule has 9 nitrogen and oxygen atoms in total. The Morgan fingerprint density at radius 3 is 2.83 bits per heavy atom. The molecule has 0 bridgehead atoms. The van der Waals surface area contributed by atoms with E-state index >= 15 is 0 Å². The fraction of sp³-hybridized carbons (Fsp3) is 0.538. The number of fused-ring (bicyclic) bond motifs is 1. The molecule has 4 rings (SSSR count). The van der Waals surface area contributed by atoms with Gasteiger partial charge >= 0.3 is 0 Å². The molecule has 0 saturated carbocycles. The molecule has 1 atom stereocenters. The first kappa shape index (κ1) is 26.8. The Balaban J connectivity index is 1.48. The summed E-state index contributed by atoms with van der Waals surface area (Å²) in [7, 11) is 0. The van der Waals surface area contributed by atoms with E-state index in [9.17, 15) is 9.35 Å². The first-order valence-corrected chi connectivity index (χ1v) is 13.6. The third-order valence-corrected chi connectivity index (χ3v) is 7.95. The molecule has 10 heteroatoms. The standard InChI is InChI=1S/C26H36N4O5S/c1-20-4-2-3-5-21(20)18-30-19-26(10-14-33-15-11-26)35-25-23(36(30)32)8-6-22(29-25)7-9-24(31)28-13-17-34-16-12-27/h2-6,8H,7,9-19,27H2,1H3,(H,28,31). The molecule has 196 valence electrons. The Labute approximate surface area is 216 Å². The van der Waals surface area contributed by atoms with Crippen LogP contribution in [0.25, 0.3) is 0 Å². The number of aryl methyl sites for hydroxylation is 2. The number of pyridine rings is 1. The van der Waals surface area contributed by atoms with Crippen LogP contribution in [0.1, 0.15) is 36.1 Å². The van der Waals surface area contributed by atoms with Gasteiger partial charge in [0.05, 0.1) is 50.9 Å². The molecule has 0 aliphatic carbocycles. The number of rotatable bonds is 10. The lowest BCUT2D eigenvalue weighted by atomic mass is 9.93. The van der Waals surface area contributed by atoms with Gasteiger partial charge in [0.15, 0.2) is 0 Å². The number of ether oxygens (including phenoxy) is 3. The molecule has 1 amide bonds. The highest BCUT2D eigenvalue weighted by atomic mass is 32.2. The molecule has 0 radical (unpaired) electrons. The molecule has 2 aliphatic rings. The molecule has 2 aliphatic heterocycles. The van der Waals surface area contributed by atoms with Gasteiger partial charge in [-0.25, -0.2) is 4.98 Å². The Bertz CT molecular complexity index is 1020. The number of nitrogens with two attached hydrogens (primary N) is 1. The van der Waals surface area contributed by atoms with Gasteiger partial charge in [0.25, 0.3) is 5.88 Å². The summed E-state index contributed by atoms with van der Waals surface area (Å²) in [6.45, 7) is 6.16. The van der Waals surface area contributed by atoms with Crippen molar-refractivity contribution in [3.63, 3.8) is 0 Å². The van der Waals surface area contributed by atoms with Crippen molar-refractivity contribution >= 4 is 17.3 Å². The molecular formula is C26H36N4O5S. The van der Waals surface area contributed by atoms with Gasteiger partial charge in [-0.05, 0) is 30.5 Å². The molecule has 1 unspecified atom stereocenters. The van der Waals surface area contributed by atoms with Gasteiger partial charge in [-0.15, -0.1) is 4.31 Å². The Morgan fingerprint density at radius 2 is 2.06 bits per heavy atom. The zero-order valence-corrected chi connectivity index (χ0v) is 21.7. The van der Waals surface area contributed by atoms with E-state index in [1.807, 2.05) is 28.6 Å².